The van der Waals surface area contributed by atoms with Crippen molar-refractivity contribution in [2.75, 3.05) is 0 Å². The number of hydrogen-bond donors (Lipinski definition) is 2. The number of para-hydroxylation sites is 1. The number of nitrogens with zero attached hydrogens (tertiary/aromatic N) is 2. The highest BCUT2D eigenvalue weighted by molar-refractivity contribution is 7.11. The molecule has 2 heterocycles. The predicted octanol–water partition coefficient (Wildman–Crippen LogP) is 3.24. The van der Waals surface area contributed by atoms with Crippen molar-refractivity contribution in [1.82, 2.24) is 15.3 Å². The van der Waals surface area contributed by atoms with E-state index < -0.39 is 0 Å². The lowest BCUT2D eigenvalue weighted by molar-refractivity contribution is 0.0235. The largest absolute Gasteiger partial charge is 0.393 e. The Kier molecular flexibility index (Phi) is 4.23. The summed E-state index contributed by atoms with van der Waals surface area (Å²) in [5.74, 6) is 0.106. The molecule has 6 heteroatoms. The highest BCUT2D eigenvalue weighted by Crippen LogP contribution is 2.38. The van der Waals surface area contributed by atoms with Crippen molar-refractivity contribution in [3.8, 4) is 0 Å². The first-order chi connectivity index (χ1) is 12.1. The van der Waals surface area contributed by atoms with Gasteiger partial charge in [-0.25, -0.2) is 4.98 Å². The van der Waals surface area contributed by atoms with Gasteiger partial charge in [0.15, 0.2) is 0 Å². The zero-order valence-corrected chi connectivity index (χ0v) is 14.7. The van der Waals surface area contributed by atoms with Crippen LogP contribution in [0, 0.1) is 12.8 Å². The fourth-order valence-corrected chi connectivity index (χ4v) is 4.07. The van der Waals surface area contributed by atoms with Gasteiger partial charge in [-0.2, -0.15) is 0 Å². The van der Waals surface area contributed by atoms with Crippen LogP contribution in [0.2, 0.25) is 0 Å². The molecule has 1 saturated carbocycles. The van der Waals surface area contributed by atoms with Crippen LogP contribution in [0.5, 0.6) is 0 Å². The molecule has 128 valence electrons. The van der Waals surface area contributed by atoms with Crippen LogP contribution in [-0.2, 0) is 0 Å². The Morgan fingerprint density at radius 3 is 2.84 bits per heavy atom. The summed E-state index contributed by atoms with van der Waals surface area (Å²) in [5.41, 5.74) is 4.34. The van der Waals surface area contributed by atoms with E-state index >= 15 is 0 Å². The molecule has 1 aliphatic rings. The van der Waals surface area contributed by atoms with Crippen LogP contribution >= 0.6 is 11.3 Å². The number of aliphatic hydroxyl groups excluding tert-OH is 1. The molecule has 1 fully saturated rings. The molecular weight excluding hydrogens is 334 g/mol. The molecule has 1 unspecified atom stereocenters. The van der Waals surface area contributed by atoms with Crippen molar-refractivity contribution in [1.29, 1.82) is 0 Å². The number of aliphatic hydroxyl groups is 1. The third-order valence-electron chi connectivity index (χ3n) is 4.83. The number of rotatable bonds is 4. The van der Waals surface area contributed by atoms with Crippen molar-refractivity contribution in [2.45, 2.75) is 31.9 Å². The zero-order chi connectivity index (χ0) is 17.4. The summed E-state index contributed by atoms with van der Waals surface area (Å²) < 4.78 is 0. The minimum absolute atomic E-state index is 0.112. The summed E-state index contributed by atoms with van der Waals surface area (Å²) in [6, 6.07) is 9.86. The fraction of sp³-hybridized carbons (Fsp3) is 0.316. The normalized spacial score (nSPS) is 20.9. The van der Waals surface area contributed by atoms with Gasteiger partial charge in [-0.05, 0) is 43.4 Å². The van der Waals surface area contributed by atoms with E-state index in [0.29, 0.717) is 17.7 Å². The minimum Gasteiger partial charge on any atom is -0.393 e. The van der Waals surface area contributed by atoms with Crippen LogP contribution in [0.3, 0.4) is 0 Å². The second kappa shape index (κ2) is 6.54. The van der Waals surface area contributed by atoms with Gasteiger partial charge in [-0.1, -0.05) is 18.2 Å². The molecule has 0 spiro atoms. The quantitative estimate of drug-likeness (QED) is 0.755. The highest BCUT2D eigenvalue weighted by Gasteiger charge is 2.36. The van der Waals surface area contributed by atoms with Crippen LogP contribution in [-0.4, -0.2) is 27.1 Å². The van der Waals surface area contributed by atoms with Gasteiger partial charge in [0.1, 0.15) is 4.88 Å². The number of nitrogens with one attached hydrogen (secondary N) is 1. The Bertz CT molecular complexity index is 918. The number of fused-ring (bicyclic) bond motifs is 1. The van der Waals surface area contributed by atoms with Crippen LogP contribution in [0.1, 0.15) is 39.8 Å². The van der Waals surface area contributed by atoms with Gasteiger partial charge in [0.25, 0.3) is 5.91 Å². The van der Waals surface area contributed by atoms with E-state index in [1.54, 1.807) is 5.51 Å². The number of amides is 1. The SMILES string of the molecule is Cc1ncsc1C(=O)NC(c1cnc2ccccc2c1)C1CC(O)C1. The van der Waals surface area contributed by atoms with Gasteiger partial charge in [-0.15, -0.1) is 11.3 Å². The van der Waals surface area contributed by atoms with E-state index in [-0.39, 0.29) is 24.0 Å². The van der Waals surface area contributed by atoms with Crippen LogP contribution < -0.4 is 5.32 Å². The number of aromatic nitrogens is 2. The summed E-state index contributed by atoms with van der Waals surface area (Å²) in [6.07, 6.45) is 2.94. The van der Waals surface area contributed by atoms with Crippen molar-refractivity contribution in [3.63, 3.8) is 0 Å². The van der Waals surface area contributed by atoms with Crippen molar-refractivity contribution in [2.24, 2.45) is 5.92 Å². The van der Waals surface area contributed by atoms with Gasteiger partial charge in [0, 0.05) is 11.6 Å². The standard InChI is InChI=1S/C19H19N3O2S/c1-11-18(25-10-21-11)19(24)22-17(13-7-15(23)8-13)14-6-12-4-2-3-5-16(12)20-9-14/h2-6,9-10,13,15,17,23H,7-8H2,1H3,(H,22,24). The minimum atomic E-state index is -0.275. The lowest BCUT2D eigenvalue weighted by Crippen LogP contribution is -2.41. The molecule has 1 aromatic carbocycles. The summed E-state index contributed by atoms with van der Waals surface area (Å²) in [5, 5.41) is 13.9. The van der Waals surface area contributed by atoms with Gasteiger partial charge in [0.2, 0.25) is 0 Å². The van der Waals surface area contributed by atoms with E-state index in [0.717, 1.165) is 22.2 Å². The maximum atomic E-state index is 12.7. The number of pyridine rings is 1. The molecule has 3 aromatic rings. The second-order valence-electron chi connectivity index (χ2n) is 6.56. The third kappa shape index (κ3) is 3.15. The Balaban J connectivity index is 1.65. The summed E-state index contributed by atoms with van der Waals surface area (Å²) >= 11 is 1.35. The average molecular weight is 353 g/mol. The summed E-state index contributed by atoms with van der Waals surface area (Å²) in [4.78, 5) is 22.0. The molecule has 1 aliphatic carbocycles. The molecule has 0 aliphatic heterocycles. The Hall–Kier alpha value is -2.31. The Morgan fingerprint density at radius 2 is 2.12 bits per heavy atom. The van der Waals surface area contributed by atoms with Crippen molar-refractivity contribution >= 4 is 28.1 Å². The molecule has 25 heavy (non-hydrogen) atoms. The smallest absolute Gasteiger partial charge is 0.263 e. The number of aryl methyl sites for hydroxylation is 1. The molecular formula is C19H19N3O2S. The summed E-state index contributed by atoms with van der Waals surface area (Å²) in [7, 11) is 0. The predicted molar refractivity (Wildman–Crippen MR) is 97.5 cm³/mol. The zero-order valence-electron chi connectivity index (χ0n) is 13.8. The van der Waals surface area contributed by atoms with Crippen molar-refractivity contribution < 1.29 is 9.90 Å². The Morgan fingerprint density at radius 1 is 1.32 bits per heavy atom. The monoisotopic (exact) mass is 353 g/mol. The first kappa shape index (κ1) is 16.2. The molecule has 4 rings (SSSR count). The molecule has 2 N–H and O–H groups in total. The van der Waals surface area contributed by atoms with Crippen LogP contribution in [0.4, 0.5) is 0 Å². The topological polar surface area (TPSA) is 75.1 Å². The van der Waals surface area contributed by atoms with Crippen LogP contribution in [0.15, 0.2) is 42.0 Å². The van der Waals surface area contributed by atoms with Crippen LogP contribution in [0.25, 0.3) is 10.9 Å². The van der Waals surface area contributed by atoms with E-state index in [1.807, 2.05) is 37.4 Å². The highest BCUT2D eigenvalue weighted by atomic mass is 32.1. The second-order valence-corrected chi connectivity index (χ2v) is 7.42. The van der Waals surface area contributed by atoms with Gasteiger partial charge >= 0.3 is 0 Å². The molecule has 1 atom stereocenters. The molecule has 0 radical (unpaired) electrons. The molecule has 0 bridgehead atoms. The maximum absolute atomic E-state index is 12.7. The molecule has 5 nitrogen and oxygen atoms in total. The van der Waals surface area contributed by atoms with E-state index in [2.05, 4.69) is 21.4 Å². The summed E-state index contributed by atoms with van der Waals surface area (Å²) in [6.45, 7) is 1.84. The van der Waals surface area contributed by atoms with Gasteiger partial charge < -0.3 is 10.4 Å². The first-order valence-electron chi connectivity index (χ1n) is 8.35. The number of carbonyl (C=O) groups is 1. The first-order valence-corrected chi connectivity index (χ1v) is 9.23. The number of thiazole rings is 1. The number of hydrogen-bond acceptors (Lipinski definition) is 5. The molecule has 2 aromatic heterocycles. The van der Waals surface area contributed by atoms with E-state index in [4.69, 9.17) is 0 Å². The number of carbonyl (C=O) groups excluding carboxylic acids is 1. The number of benzene rings is 1. The van der Waals surface area contributed by atoms with Crippen molar-refractivity contribution in [3.05, 3.63) is 58.2 Å². The average Bonchev–Trinajstić information content (AvgIpc) is 3.03. The lowest BCUT2D eigenvalue weighted by atomic mass is 9.75. The van der Waals surface area contributed by atoms with Gasteiger partial charge in [0.05, 0.1) is 28.9 Å². The third-order valence-corrected chi connectivity index (χ3v) is 5.76. The lowest BCUT2D eigenvalue weighted by Gasteiger charge is -2.38. The van der Waals surface area contributed by atoms with E-state index in [9.17, 15) is 9.90 Å². The molecule has 0 saturated heterocycles. The maximum Gasteiger partial charge on any atom is 0.263 e. The van der Waals surface area contributed by atoms with E-state index in [1.165, 1.54) is 11.3 Å². The van der Waals surface area contributed by atoms with Gasteiger partial charge in [-0.3, -0.25) is 9.78 Å². The Labute approximate surface area is 149 Å². The molecule has 1 amide bonds. The fourth-order valence-electron chi connectivity index (χ4n) is 3.36.